The van der Waals surface area contributed by atoms with E-state index in [1.807, 2.05) is 6.92 Å². The Bertz CT molecular complexity index is 871. The van der Waals surface area contributed by atoms with Crippen LogP contribution in [-0.2, 0) is 0 Å². The van der Waals surface area contributed by atoms with Crippen molar-refractivity contribution in [1.29, 1.82) is 0 Å². The molecule has 0 spiro atoms. The van der Waals surface area contributed by atoms with E-state index in [1.54, 1.807) is 30.3 Å². The number of nitrogen functional groups attached to an aromatic ring is 1. The number of hydrogen-bond donors (Lipinski definition) is 2. The van der Waals surface area contributed by atoms with Crippen LogP contribution in [-0.4, -0.2) is 9.97 Å². The van der Waals surface area contributed by atoms with E-state index >= 15 is 0 Å². The van der Waals surface area contributed by atoms with Crippen LogP contribution in [0.3, 0.4) is 0 Å². The number of nitrogens with one attached hydrogen (secondary N) is 1. The second kappa shape index (κ2) is 6.72. The number of aryl methyl sites for hydroxylation is 1. The number of halogens is 2. The normalized spacial score (nSPS) is 10.5. The third-order valence-corrected chi connectivity index (χ3v) is 3.72. The van der Waals surface area contributed by atoms with Gasteiger partial charge < -0.3 is 15.8 Å². The number of nitrogens with two attached hydrogens (primary N) is 1. The third kappa shape index (κ3) is 3.55. The van der Waals surface area contributed by atoms with Crippen molar-refractivity contribution in [3.8, 4) is 11.6 Å². The van der Waals surface area contributed by atoms with Crippen LogP contribution in [0.2, 0.25) is 5.02 Å². The van der Waals surface area contributed by atoms with E-state index in [0.717, 1.165) is 5.56 Å². The SMILES string of the molecule is Cc1cc(Oc2ncnc(Nc3ccc(F)cc3)c2N)ccc1Cl. The lowest BCUT2D eigenvalue weighted by Gasteiger charge is -2.12. The highest BCUT2D eigenvalue weighted by molar-refractivity contribution is 6.31. The van der Waals surface area contributed by atoms with Gasteiger partial charge in [-0.3, -0.25) is 0 Å². The van der Waals surface area contributed by atoms with Crippen LogP contribution < -0.4 is 15.8 Å². The van der Waals surface area contributed by atoms with Crippen LogP contribution in [0, 0.1) is 12.7 Å². The summed E-state index contributed by atoms with van der Waals surface area (Å²) in [5.41, 5.74) is 7.84. The molecule has 0 saturated heterocycles. The molecule has 0 radical (unpaired) electrons. The van der Waals surface area contributed by atoms with Gasteiger partial charge in [0.15, 0.2) is 5.82 Å². The number of hydrogen-bond acceptors (Lipinski definition) is 5. The smallest absolute Gasteiger partial charge is 0.248 e. The first kappa shape index (κ1) is 16.0. The molecule has 3 N–H and O–H groups in total. The molecule has 122 valence electrons. The summed E-state index contributed by atoms with van der Waals surface area (Å²) < 4.78 is 18.7. The Morgan fingerprint density at radius 3 is 2.58 bits per heavy atom. The maximum atomic E-state index is 13.0. The van der Waals surface area contributed by atoms with Gasteiger partial charge in [0.25, 0.3) is 0 Å². The van der Waals surface area contributed by atoms with E-state index in [-0.39, 0.29) is 17.4 Å². The molecule has 3 aromatic rings. The summed E-state index contributed by atoms with van der Waals surface area (Å²) >= 11 is 6.00. The van der Waals surface area contributed by atoms with Gasteiger partial charge >= 0.3 is 0 Å². The standard InChI is InChI=1S/C17H14ClFN4O/c1-10-8-13(6-7-14(10)18)24-17-15(20)16(21-9-22-17)23-12-4-2-11(19)3-5-12/h2-9H,20H2,1H3,(H,21,22,23). The molecule has 0 aliphatic heterocycles. The average Bonchev–Trinajstić information content (AvgIpc) is 2.57. The lowest BCUT2D eigenvalue weighted by molar-refractivity contribution is 0.464. The van der Waals surface area contributed by atoms with Gasteiger partial charge in [-0.1, -0.05) is 11.6 Å². The molecule has 7 heteroatoms. The molecule has 0 unspecified atom stereocenters. The summed E-state index contributed by atoms with van der Waals surface area (Å²) in [4.78, 5) is 8.14. The Hall–Kier alpha value is -2.86. The van der Waals surface area contributed by atoms with Crippen LogP contribution >= 0.6 is 11.6 Å². The molecule has 24 heavy (non-hydrogen) atoms. The van der Waals surface area contributed by atoms with Crippen molar-refractivity contribution in [2.75, 3.05) is 11.1 Å². The van der Waals surface area contributed by atoms with Gasteiger partial charge in [0.1, 0.15) is 23.6 Å². The van der Waals surface area contributed by atoms with E-state index in [2.05, 4.69) is 15.3 Å². The first-order chi connectivity index (χ1) is 11.5. The van der Waals surface area contributed by atoms with Crippen LogP contribution in [0.15, 0.2) is 48.8 Å². The summed E-state index contributed by atoms with van der Waals surface area (Å²) in [6, 6.07) is 11.1. The average molecular weight is 345 g/mol. The predicted molar refractivity (Wildman–Crippen MR) is 92.4 cm³/mol. The first-order valence-electron chi connectivity index (χ1n) is 7.10. The fourth-order valence-corrected chi connectivity index (χ4v) is 2.14. The van der Waals surface area contributed by atoms with Gasteiger partial charge in [-0.05, 0) is 55.0 Å². The highest BCUT2D eigenvalue weighted by Crippen LogP contribution is 2.32. The lowest BCUT2D eigenvalue weighted by atomic mass is 10.2. The fraction of sp³-hybridized carbons (Fsp3) is 0.0588. The van der Waals surface area contributed by atoms with E-state index in [1.165, 1.54) is 18.5 Å². The molecule has 1 heterocycles. The molecule has 0 atom stereocenters. The maximum Gasteiger partial charge on any atom is 0.248 e. The highest BCUT2D eigenvalue weighted by Gasteiger charge is 2.11. The quantitative estimate of drug-likeness (QED) is 0.718. The summed E-state index contributed by atoms with van der Waals surface area (Å²) in [5, 5.41) is 3.65. The molecule has 0 aliphatic carbocycles. The number of ether oxygens (including phenoxy) is 1. The van der Waals surface area contributed by atoms with E-state index in [9.17, 15) is 4.39 Å². The molecule has 0 fully saturated rings. The Morgan fingerprint density at radius 2 is 1.88 bits per heavy atom. The van der Waals surface area contributed by atoms with Crippen LogP contribution in [0.4, 0.5) is 21.6 Å². The van der Waals surface area contributed by atoms with Gasteiger partial charge in [-0.25, -0.2) is 9.37 Å². The fourth-order valence-electron chi connectivity index (χ4n) is 2.02. The first-order valence-corrected chi connectivity index (χ1v) is 7.48. The predicted octanol–water partition coefficient (Wildman–Crippen LogP) is 4.70. The van der Waals surface area contributed by atoms with Gasteiger partial charge in [-0.15, -0.1) is 0 Å². The molecule has 0 aliphatic rings. The maximum absolute atomic E-state index is 13.0. The van der Waals surface area contributed by atoms with Crippen molar-refractivity contribution in [3.05, 3.63) is 65.2 Å². The molecule has 5 nitrogen and oxygen atoms in total. The van der Waals surface area contributed by atoms with Crippen LogP contribution in [0.5, 0.6) is 11.6 Å². The zero-order valence-corrected chi connectivity index (χ0v) is 13.5. The summed E-state index contributed by atoms with van der Waals surface area (Å²) in [6.07, 6.45) is 1.33. The van der Waals surface area contributed by atoms with Crippen LogP contribution in [0.1, 0.15) is 5.56 Å². The molecule has 3 rings (SSSR count). The third-order valence-electron chi connectivity index (χ3n) is 3.30. The Morgan fingerprint density at radius 1 is 1.12 bits per heavy atom. The molecule has 1 aromatic heterocycles. The van der Waals surface area contributed by atoms with Crippen molar-refractivity contribution in [2.24, 2.45) is 0 Å². The lowest BCUT2D eigenvalue weighted by Crippen LogP contribution is -2.03. The van der Waals surface area contributed by atoms with E-state index in [0.29, 0.717) is 22.3 Å². The number of aromatic nitrogens is 2. The second-order valence-electron chi connectivity index (χ2n) is 5.09. The number of nitrogens with zero attached hydrogens (tertiary/aromatic N) is 2. The highest BCUT2D eigenvalue weighted by atomic mass is 35.5. The van der Waals surface area contributed by atoms with E-state index in [4.69, 9.17) is 22.1 Å². The summed E-state index contributed by atoms with van der Waals surface area (Å²) in [6.45, 7) is 1.88. The molecular formula is C17H14ClFN4O. The summed E-state index contributed by atoms with van der Waals surface area (Å²) in [5.74, 6) is 0.835. The van der Waals surface area contributed by atoms with Gasteiger partial charge in [0.2, 0.25) is 5.88 Å². The molecule has 0 bridgehead atoms. The Labute approximate surface area is 143 Å². The van der Waals surface area contributed by atoms with Crippen molar-refractivity contribution in [1.82, 2.24) is 9.97 Å². The Balaban J connectivity index is 1.84. The van der Waals surface area contributed by atoms with Crippen molar-refractivity contribution < 1.29 is 9.13 Å². The second-order valence-corrected chi connectivity index (χ2v) is 5.49. The number of benzene rings is 2. The van der Waals surface area contributed by atoms with Gasteiger partial charge in [0, 0.05) is 10.7 Å². The van der Waals surface area contributed by atoms with Gasteiger partial charge in [-0.2, -0.15) is 4.98 Å². The molecular weight excluding hydrogens is 331 g/mol. The summed E-state index contributed by atoms with van der Waals surface area (Å²) in [7, 11) is 0. The largest absolute Gasteiger partial charge is 0.437 e. The zero-order valence-electron chi connectivity index (χ0n) is 12.8. The minimum Gasteiger partial charge on any atom is -0.437 e. The number of anilines is 3. The zero-order chi connectivity index (χ0) is 17.1. The van der Waals surface area contributed by atoms with Crippen molar-refractivity contribution in [3.63, 3.8) is 0 Å². The van der Waals surface area contributed by atoms with E-state index < -0.39 is 0 Å². The Kier molecular flexibility index (Phi) is 4.48. The van der Waals surface area contributed by atoms with Gasteiger partial charge in [0.05, 0.1) is 0 Å². The monoisotopic (exact) mass is 344 g/mol. The van der Waals surface area contributed by atoms with Crippen molar-refractivity contribution >= 4 is 28.8 Å². The topological polar surface area (TPSA) is 73.1 Å². The molecule has 2 aromatic carbocycles. The minimum absolute atomic E-state index is 0.219. The minimum atomic E-state index is -0.321. The molecule has 0 saturated carbocycles. The van der Waals surface area contributed by atoms with Crippen molar-refractivity contribution in [2.45, 2.75) is 6.92 Å². The number of rotatable bonds is 4. The van der Waals surface area contributed by atoms with Crippen LogP contribution in [0.25, 0.3) is 0 Å². The molecule has 0 amide bonds.